The van der Waals surface area contributed by atoms with Gasteiger partial charge in [0.05, 0.1) is 11.4 Å². The first-order valence-corrected chi connectivity index (χ1v) is 5.87. The van der Waals surface area contributed by atoms with Crippen molar-refractivity contribution in [2.24, 2.45) is 0 Å². The van der Waals surface area contributed by atoms with E-state index >= 15 is 0 Å². The Bertz CT molecular complexity index is 434. The summed E-state index contributed by atoms with van der Waals surface area (Å²) >= 11 is 0. The van der Waals surface area contributed by atoms with Gasteiger partial charge in [-0.3, -0.25) is 4.55 Å². The zero-order valence-electron chi connectivity index (χ0n) is 8.48. The minimum atomic E-state index is -3.90. The summed E-state index contributed by atoms with van der Waals surface area (Å²) in [5, 5.41) is 0. The summed E-state index contributed by atoms with van der Waals surface area (Å²) in [5.41, 5.74) is 1.82. The van der Waals surface area contributed by atoms with Gasteiger partial charge >= 0.3 is 0 Å². The minimum Gasteiger partial charge on any atom is -0.331 e. The first-order valence-electron chi connectivity index (χ1n) is 4.27. The second-order valence-electron chi connectivity index (χ2n) is 3.27. The fraction of sp³-hybridized carbons (Fsp3) is 0.625. The third-order valence-electron chi connectivity index (χ3n) is 2.22. The van der Waals surface area contributed by atoms with Gasteiger partial charge in [-0.2, -0.15) is 8.42 Å². The van der Waals surface area contributed by atoms with Crippen LogP contribution in [-0.4, -0.2) is 28.3 Å². The number of aromatic nitrogens is 2. The average molecular weight is 218 g/mol. The summed E-state index contributed by atoms with van der Waals surface area (Å²) in [4.78, 5) is 4.20. The molecule has 0 bridgehead atoms. The van der Waals surface area contributed by atoms with Crippen molar-refractivity contribution in [1.82, 2.24) is 9.55 Å². The van der Waals surface area contributed by atoms with Crippen LogP contribution in [0.15, 0.2) is 0 Å². The Morgan fingerprint density at radius 1 is 1.36 bits per heavy atom. The van der Waals surface area contributed by atoms with Gasteiger partial charge in [-0.05, 0) is 20.8 Å². The molecular formula is C8H14N2O3S. The van der Waals surface area contributed by atoms with Crippen LogP contribution in [0.5, 0.6) is 0 Å². The summed E-state index contributed by atoms with van der Waals surface area (Å²) in [5.74, 6) is 0.494. The lowest BCUT2D eigenvalue weighted by atomic mass is 10.4. The molecule has 0 aromatic carbocycles. The molecule has 1 heterocycles. The van der Waals surface area contributed by atoms with E-state index < -0.39 is 10.1 Å². The molecule has 0 unspecified atom stereocenters. The Kier molecular flexibility index (Phi) is 2.96. The largest absolute Gasteiger partial charge is 0.331 e. The van der Waals surface area contributed by atoms with Gasteiger partial charge in [0.15, 0.2) is 0 Å². The van der Waals surface area contributed by atoms with Gasteiger partial charge in [0.1, 0.15) is 5.82 Å². The zero-order valence-corrected chi connectivity index (χ0v) is 9.30. The quantitative estimate of drug-likeness (QED) is 0.758. The van der Waals surface area contributed by atoms with Crippen molar-refractivity contribution >= 4 is 10.1 Å². The monoisotopic (exact) mass is 218 g/mol. The number of imidazole rings is 1. The standard InChI is InChI=1S/C8H14N2O3S/c1-6-7(2)10(8(3)9-6)4-5-14(11,12)13/h4-5H2,1-3H3,(H,11,12,13). The predicted octanol–water partition coefficient (Wildman–Crippen LogP) is 0.696. The van der Waals surface area contributed by atoms with Crippen LogP contribution in [0.2, 0.25) is 0 Å². The van der Waals surface area contributed by atoms with E-state index in [4.69, 9.17) is 4.55 Å². The van der Waals surface area contributed by atoms with E-state index in [2.05, 4.69) is 4.98 Å². The molecule has 0 radical (unpaired) electrons. The maximum atomic E-state index is 10.6. The van der Waals surface area contributed by atoms with E-state index in [0.29, 0.717) is 0 Å². The molecule has 1 rings (SSSR count). The van der Waals surface area contributed by atoms with Crippen molar-refractivity contribution in [1.29, 1.82) is 0 Å². The van der Waals surface area contributed by atoms with Crippen LogP contribution in [0.3, 0.4) is 0 Å². The Balaban J connectivity index is 2.87. The lowest BCUT2D eigenvalue weighted by molar-refractivity contribution is 0.477. The molecule has 0 spiro atoms. The molecule has 0 saturated heterocycles. The lowest BCUT2D eigenvalue weighted by Gasteiger charge is -2.05. The van der Waals surface area contributed by atoms with E-state index in [0.717, 1.165) is 17.2 Å². The molecule has 1 aromatic rings. The number of rotatable bonds is 3. The summed E-state index contributed by atoms with van der Waals surface area (Å²) in [6.45, 7) is 5.80. The van der Waals surface area contributed by atoms with Crippen molar-refractivity contribution < 1.29 is 13.0 Å². The summed E-state index contributed by atoms with van der Waals surface area (Å²) in [7, 11) is -3.90. The Hall–Kier alpha value is -0.880. The second-order valence-corrected chi connectivity index (χ2v) is 4.84. The molecule has 0 amide bonds. The van der Waals surface area contributed by atoms with E-state index in [9.17, 15) is 8.42 Å². The first-order chi connectivity index (χ1) is 6.31. The fourth-order valence-corrected chi connectivity index (χ4v) is 1.77. The Morgan fingerprint density at radius 2 is 1.93 bits per heavy atom. The molecule has 5 nitrogen and oxygen atoms in total. The van der Waals surface area contributed by atoms with Crippen molar-refractivity contribution in [3.8, 4) is 0 Å². The smallest absolute Gasteiger partial charge is 0.266 e. The summed E-state index contributed by atoms with van der Waals surface area (Å²) < 4.78 is 31.5. The van der Waals surface area contributed by atoms with Crippen LogP contribution in [0.4, 0.5) is 0 Å². The second kappa shape index (κ2) is 3.70. The zero-order chi connectivity index (χ0) is 10.9. The van der Waals surface area contributed by atoms with Crippen LogP contribution in [0, 0.1) is 20.8 Å². The maximum Gasteiger partial charge on any atom is 0.266 e. The molecule has 0 aliphatic heterocycles. The number of hydrogen-bond donors (Lipinski definition) is 1. The Morgan fingerprint density at radius 3 is 2.29 bits per heavy atom. The molecule has 0 aliphatic carbocycles. The lowest BCUT2D eigenvalue weighted by Crippen LogP contribution is -2.13. The molecule has 0 fully saturated rings. The summed E-state index contributed by atoms with van der Waals surface area (Å²) in [6.07, 6.45) is 0. The molecule has 1 N–H and O–H groups in total. The highest BCUT2D eigenvalue weighted by molar-refractivity contribution is 7.85. The van der Waals surface area contributed by atoms with Crippen LogP contribution in [-0.2, 0) is 16.7 Å². The van der Waals surface area contributed by atoms with Crippen LogP contribution in [0.25, 0.3) is 0 Å². The molecule has 80 valence electrons. The average Bonchev–Trinajstić information content (AvgIpc) is 2.23. The van der Waals surface area contributed by atoms with Crippen LogP contribution >= 0.6 is 0 Å². The van der Waals surface area contributed by atoms with E-state index in [1.54, 1.807) is 4.57 Å². The molecule has 0 saturated carbocycles. The van der Waals surface area contributed by atoms with E-state index in [1.807, 2.05) is 20.8 Å². The van der Waals surface area contributed by atoms with Crippen LogP contribution < -0.4 is 0 Å². The molecule has 0 aliphatic rings. The highest BCUT2D eigenvalue weighted by Gasteiger charge is 2.10. The highest BCUT2D eigenvalue weighted by atomic mass is 32.2. The van der Waals surface area contributed by atoms with Crippen molar-refractivity contribution in [3.63, 3.8) is 0 Å². The van der Waals surface area contributed by atoms with Gasteiger partial charge in [-0.25, -0.2) is 4.98 Å². The van der Waals surface area contributed by atoms with Crippen LogP contribution in [0.1, 0.15) is 17.2 Å². The van der Waals surface area contributed by atoms with Gasteiger partial charge in [0.25, 0.3) is 10.1 Å². The maximum absolute atomic E-state index is 10.6. The number of nitrogens with zero attached hydrogens (tertiary/aromatic N) is 2. The minimum absolute atomic E-state index is 0.247. The third-order valence-corrected chi connectivity index (χ3v) is 2.92. The SMILES string of the molecule is Cc1nc(C)n(CCS(=O)(=O)O)c1C. The molecular weight excluding hydrogens is 204 g/mol. The number of hydrogen-bond acceptors (Lipinski definition) is 3. The molecule has 0 atom stereocenters. The van der Waals surface area contributed by atoms with Crippen molar-refractivity contribution in [3.05, 3.63) is 17.2 Å². The van der Waals surface area contributed by atoms with E-state index in [1.165, 1.54) is 0 Å². The van der Waals surface area contributed by atoms with Crippen molar-refractivity contribution in [2.45, 2.75) is 27.3 Å². The van der Waals surface area contributed by atoms with Gasteiger partial charge in [-0.1, -0.05) is 0 Å². The van der Waals surface area contributed by atoms with Gasteiger partial charge in [0.2, 0.25) is 0 Å². The van der Waals surface area contributed by atoms with Gasteiger partial charge in [-0.15, -0.1) is 0 Å². The number of aryl methyl sites for hydroxylation is 2. The van der Waals surface area contributed by atoms with Gasteiger partial charge < -0.3 is 4.57 Å². The van der Waals surface area contributed by atoms with E-state index in [-0.39, 0.29) is 12.3 Å². The fourth-order valence-electron chi connectivity index (χ4n) is 1.36. The normalized spacial score (nSPS) is 12.0. The molecule has 14 heavy (non-hydrogen) atoms. The predicted molar refractivity (Wildman–Crippen MR) is 52.9 cm³/mol. The van der Waals surface area contributed by atoms with Crippen molar-refractivity contribution in [2.75, 3.05) is 5.75 Å². The first kappa shape index (κ1) is 11.2. The third kappa shape index (κ3) is 2.55. The van der Waals surface area contributed by atoms with Gasteiger partial charge in [0, 0.05) is 12.2 Å². The Labute approximate surface area is 83.5 Å². The summed E-state index contributed by atoms with van der Waals surface area (Å²) in [6, 6.07) is 0. The molecule has 6 heteroatoms. The molecule has 1 aromatic heterocycles. The highest BCUT2D eigenvalue weighted by Crippen LogP contribution is 2.09. The topological polar surface area (TPSA) is 72.2 Å².